The molecule has 3 amide bonds. The van der Waals surface area contributed by atoms with E-state index in [2.05, 4.69) is 10.6 Å². The summed E-state index contributed by atoms with van der Waals surface area (Å²) in [5.74, 6) is -1.03. The van der Waals surface area contributed by atoms with Gasteiger partial charge in [-0.15, -0.1) is 0 Å². The Bertz CT molecular complexity index is 1300. The molecule has 3 aromatic carbocycles. The molecular weight excluding hydrogens is 501 g/mol. The molecule has 0 aromatic heterocycles. The molecule has 0 saturated heterocycles. The second kappa shape index (κ2) is 9.77. The molecule has 0 saturated carbocycles. The van der Waals surface area contributed by atoms with Crippen molar-refractivity contribution in [2.75, 3.05) is 22.6 Å². The molecule has 7 nitrogen and oxygen atoms in total. The minimum atomic E-state index is -0.643. The average molecular weight is 517 g/mol. The Labute approximate surface area is 209 Å². The SMILES string of the molecule is COc1ccc(N2C(=O)C(Cl)=C(Nc3ccc(C(=O)Nc4cc(Cl)cc(Cl)c4)cc3)C2=O)cc1. The van der Waals surface area contributed by atoms with Crippen molar-refractivity contribution in [2.24, 2.45) is 0 Å². The lowest BCUT2D eigenvalue weighted by molar-refractivity contribution is -0.120. The third-order valence-electron chi connectivity index (χ3n) is 4.89. The number of anilines is 3. The zero-order valence-corrected chi connectivity index (χ0v) is 19.8. The van der Waals surface area contributed by atoms with E-state index in [0.29, 0.717) is 38.4 Å². The molecule has 4 rings (SSSR count). The van der Waals surface area contributed by atoms with E-state index < -0.39 is 11.8 Å². The average Bonchev–Trinajstić information content (AvgIpc) is 3.02. The van der Waals surface area contributed by atoms with Crippen molar-refractivity contribution in [3.63, 3.8) is 0 Å². The summed E-state index contributed by atoms with van der Waals surface area (Å²) in [5.41, 5.74) is 1.58. The van der Waals surface area contributed by atoms with Crippen LogP contribution < -0.4 is 20.3 Å². The Morgan fingerprint density at radius 1 is 0.824 bits per heavy atom. The molecule has 1 heterocycles. The number of halogens is 3. The second-order valence-electron chi connectivity index (χ2n) is 7.15. The lowest BCUT2D eigenvalue weighted by Crippen LogP contribution is -2.32. The van der Waals surface area contributed by atoms with Crippen LogP contribution in [0.25, 0.3) is 0 Å². The van der Waals surface area contributed by atoms with E-state index in [1.54, 1.807) is 66.7 Å². The Morgan fingerprint density at radius 3 is 2.03 bits per heavy atom. The van der Waals surface area contributed by atoms with Gasteiger partial charge in [-0.05, 0) is 66.7 Å². The van der Waals surface area contributed by atoms with E-state index in [1.807, 2.05) is 0 Å². The van der Waals surface area contributed by atoms with Crippen molar-refractivity contribution >= 4 is 69.6 Å². The molecule has 10 heteroatoms. The van der Waals surface area contributed by atoms with Crippen molar-refractivity contribution in [3.8, 4) is 5.75 Å². The number of ether oxygens (including phenoxy) is 1. The van der Waals surface area contributed by atoms with Crippen molar-refractivity contribution in [1.29, 1.82) is 0 Å². The summed E-state index contributed by atoms with van der Waals surface area (Å²) in [7, 11) is 1.52. The van der Waals surface area contributed by atoms with Crippen molar-refractivity contribution in [2.45, 2.75) is 0 Å². The van der Waals surface area contributed by atoms with Crippen LogP contribution in [-0.2, 0) is 9.59 Å². The number of rotatable bonds is 6. The van der Waals surface area contributed by atoms with Crippen LogP contribution in [-0.4, -0.2) is 24.8 Å². The lowest BCUT2D eigenvalue weighted by atomic mass is 10.2. The second-order valence-corrected chi connectivity index (χ2v) is 8.40. The molecule has 172 valence electrons. The number of imide groups is 1. The largest absolute Gasteiger partial charge is 0.497 e. The molecule has 1 aliphatic rings. The summed E-state index contributed by atoms with van der Waals surface area (Å²) in [5, 5.41) is 6.13. The number of nitrogens with one attached hydrogen (secondary N) is 2. The summed E-state index contributed by atoms with van der Waals surface area (Å²) in [6.07, 6.45) is 0. The molecule has 0 bridgehead atoms. The van der Waals surface area contributed by atoms with Crippen molar-refractivity contribution in [3.05, 3.63) is 93.1 Å². The van der Waals surface area contributed by atoms with Gasteiger partial charge in [0.2, 0.25) is 0 Å². The summed E-state index contributed by atoms with van der Waals surface area (Å²) >= 11 is 18.1. The Hall–Kier alpha value is -3.52. The quantitative estimate of drug-likeness (QED) is 0.411. The first-order chi connectivity index (χ1) is 16.3. The monoisotopic (exact) mass is 515 g/mol. The number of methoxy groups -OCH3 is 1. The van der Waals surface area contributed by atoms with Gasteiger partial charge in [0.05, 0.1) is 12.8 Å². The molecule has 0 atom stereocenters. The minimum Gasteiger partial charge on any atom is -0.497 e. The van der Waals surface area contributed by atoms with Crippen LogP contribution >= 0.6 is 34.8 Å². The van der Waals surface area contributed by atoms with Crippen molar-refractivity contribution < 1.29 is 19.1 Å². The van der Waals surface area contributed by atoms with Crippen LogP contribution in [0.2, 0.25) is 10.0 Å². The first-order valence-electron chi connectivity index (χ1n) is 9.84. The number of amides is 3. The maximum absolute atomic E-state index is 12.9. The number of carbonyl (C=O) groups excluding carboxylic acids is 3. The number of nitrogens with zero attached hydrogens (tertiary/aromatic N) is 1. The Morgan fingerprint density at radius 2 is 1.44 bits per heavy atom. The molecule has 34 heavy (non-hydrogen) atoms. The molecular formula is C24H16Cl3N3O4. The maximum atomic E-state index is 12.9. The van der Waals surface area contributed by atoms with E-state index in [1.165, 1.54) is 7.11 Å². The zero-order valence-electron chi connectivity index (χ0n) is 17.6. The topological polar surface area (TPSA) is 87.7 Å². The van der Waals surface area contributed by atoms with E-state index >= 15 is 0 Å². The molecule has 0 aliphatic carbocycles. The van der Waals surface area contributed by atoms with Gasteiger partial charge in [0, 0.05) is 27.0 Å². The van der Waals surface area contributed by atoms with Gasteiger partial charge in [-0.3, -0.25) is 14.4 Å². The van der Waals surface area contributed by atoms with Crippen LogP contribution in [0.3, 0.4) is 0 Å². The van der Waals surface area contributed by atoms with Crippen LogP contribution in [0.5, 0.6) is 5.75 Å². The fourth-order valence-electron chi connectivity index (χ4n) is 3.26. The van der Waals surface area contributed by atoms with Crippen LogP contribution in [0.4, 0.5) is 17.1 Å². The van der Waals surface area contributed by atoms with Gasteiger partial charge in [-0.25, -0.2) is 4.90 Å². The standard InChI is InChI=1S/C24H16Cl3N3O4/c1-34-19-8-6-18(7-9-19)30-23(32)20(27)21(24(30)33)28-16-4-2-13(3-5-16)22(31)29-17-11-14(25)10-15(26)12-17/h2-12,28H,1H3,(H,29,31). The summed E-state index contributed by atoms with van der Waals surface area (Å²) in [6.45, 7) is 0. The predicted molar refractivity (Wildman–Crippen MR) is 133 cm³/mol. The number of hydrogen-bond acceptors (Lipinski definition) is 5. The molecule has 1 aliphatic heterocycles. The van der Waals surface area contributed by atoms with Crippen LogP contribution in [0.15, 0.2) is 77.5 Å². The van der Waals surface area contributed by atoms with Gasteiger partial charge >= 0.3 is 0 Å². The molecule has 3 aromatic rings. The zero-order chi connectivity index (χ0) is 24.4. The highest BCUT2D eigenvalue weighted by atomic mass is 35.5. The summed E-state index contributed by atoms with van der Waals surface area (Å²) in [6, 6.07) is 17.4. The van der Waals surface area contributed by atoms with Gasteiger partial charge in [-0.1, -0.05) is 34.8 Å². The predicted octanol–water partition coefficient (Wildman–Crippen LogP) is 5.69. The maximum Gasteiger partial charge on any atom is 0.283 e. The first-order valence-corrected chi connectivity index (χ1v) is 11.0. The van der Waals surface area contributed by atoms with Crippen LogP contribution in [0.1, 0.15) is 10.4 Å². The highest BCUT2D eigenvalue weighted by Crippen LogP contribution is 2.31. The first kappa shape index (κ1) is 23.6. The van der Waals surface area contributed by atoms with E-state index in [-0.39, 0.29) is 16.6 Å². The van der Waals surface area contributed by atoms with Gasteiger partial charge in [0.15, 0.2) is 0 Å². The number of carbonyl (C=O) groups is 3. The van der Waals surface area contributed by atoms with Gasteiger partial charge in [0.25, 0.3) is 17.7 Å². The smallest absolute Gasteiger partial charge is 0.283 e. The van der Waals surface area contributed by atoms with Gasteiger partial charge < -0.3 is 15.4 Å². The highest BCUT2D eigenvalue weighted by Gasteiger charge is 2.38. The molecule has 0 radical (unpaired) electrons. The van der Waals surface area contributed by atoms with E-state index in [0.717, 1.165) is 4.90 Å². The van der Waals surface area contributed by atoms with E-state index in [9.17, 15) is 14.4 Å². The third-order valence-corrected chi connectivity index (χ3v) is 5.68. The molecule has 0 unspecified atom stereocenters. The number of benzene rings is 3. The fourth-order valence-corrected chi connectivity index (χ4v) is 3.99. The number of hydrogen-bond donors (Lipinski definition) is 2. The summed E-state index contributed by atoms with van der Waals surface area (Å²) in [4.78, 5) is 39.0. The Balaban J connectivity index is 1.47. The lowest BCUT2D eigenvalue weighted by Gasteiger charge is -2.15. The molecule has 0 fully saturated rings. The normalized spacial score (nSPS) is 13.4. The Kier molecular flexibility index (Phi) is 6.79. The van der Waals surface area contributed by atoms with Crippen molar-refractivity contribution in [1.82, 2.24) is 0 Å². The van der Waals surface area contributed by atoms with Gasteiger partial charge in [-0.2, -0.15) is 0 Å². The third kappa shape index (κ3) is 4.87. The summed E-state index contributed by atoms with van der Waals surface area (Å²) < 4.78 is 5.10. The fraction of sp³-hybridized carbons (Fsp3) is 0.0417. The van der Waals surface area contributed by atoms with Gasteiger partial charge in [0.1, 0.15) is 16.5 Å². The molecule has 0 spiro atoms. The minimum absolute atomic E-state index is 0.0618. The highest BCUT2D eigenvalue weighted by molar-refractivity contribution is 6.53. The van der Waals surface area contributed by atoms with Crippen LogP contribution in [0, 0.1) is 0 Å². The molecule has 2 N–H and O–H groups in total. The van der Waals surface area contributed by atoms with E-state index in [4.69, 9.17) is 39.5 Å².